The van der Waals surface area contributed by atoms with Gasteiger partial charge in [0, 0.05) is 24.7 Å². The van der Waals surface area contributed by atoms with E-state index in [2.05, 4.69) is 75.4 Å². The lowest BCUT2D eigenvalue weighted by molar-refractivity contribution is -0.125. The number of aromatic nitrogens is 4. The Hall–Kier alpha value is -4.95. The molecule has 0 atom stereocenters. The number of imidazole rings is 1. The Balaban J connectivity index is 1.02. The van der Waals surface area contributed by atoms with Gasteiger partial charge >= 0.3 is 0 Å². The summed E-state index contributed by atoms with van der Waals surface area (Å²) in [6.07, 6.45) is 8.30. The highest BCUT2D eigenvalue weighted by Crippen LogP contribution is 2.51. The van der Waals surface area contributed by atoms with Crippen LogP contribution in [0.1, 0.15) is 48.1 Å². The van der Waals surface area contributed by atoms with Crippen LogP contribution in [0.4, 0.5) is 0 Å². The molecular formula is C40H39N5O2S. The van der Waals surface area contributed by atoms with E-state index in [0.29, 0.717) is 6.54 Å². The molecular weight excluding hydrogens is 615 g/mol. The second kappa shape index (κ2) is 14.0. The lowest BCUT2D eigenvalue weighted by Gasteiger charge is -2.31. The number of carbonyl (C=O) groups excluding carboxylic acids is 1. The van der Waals surface area contributed by atoms with Crippen molar-refractivity contribution in [3.63, 3.8) is 0 Å². The van der Waals surface area contributed by atoms with Crippen LogP contribution in [-0.4, -0.2) is 44.7 Å². The molecule has 7 nitrogen and oxygen atoms in total. The fraction of sp³-hybridized carbons (Fsp3) is 0.250. The molecule has 0 radical (unpaired) electrons. The van der Waals surface area contributed by atoms with Crippen LogP contribution in [0.25, 0.3) is 28.2 Å². The van der Waals surface area contributed by atoms with Crippen LogP contribution in [0, 0.1) is 6.92 Å². The number of amides is 1. The molecule has 1 N–H and O–H groups in total. The van der Waals surface area contributed by atoms with E-state index in [1.807, 2.05) is 55.7 Å². The van der Waals surface area contributed by atoms with Gasteiger partial charge in [0.2, 0.25) is 5.91 Å². The van der Waals surface area contributed by atoms with Gasteiger partial charge in [-0.1, -0.05) is 91.3 Å². The van der Waals surface area contributed by atoms with Gasteiger partial charge in [0.05, 0.1) is 24.2 Å². The summed E-state index contributed by atoms with van der Waals surface area (Å²) in [7, 11) is 1.67. The molecule has 0 bridgehead atoms. The predicted molar refractivity (Wildman–Crippen MR) is 193 cm³/mol. The molecule has 0 spiro atoms. The summed E-state index contributed by atoms with van der Waals surface area (Å²) >= 11 is 1.68. The van der Waals surface area contributed by atoms with Crippen LogP contribution in [0.3, 0.4) is 0 Å². The number of carbonyl (C=O) groups is 1. The van der Waals surface area contributed by atoms with Crippen LogP contribution in [0.15, 0.2) is 115 Å². The van der Waals surface area contributed by atoms with Crippen molar-refractivity contribution in [3.05, 3.63) is 132 Å². The molecule has 8 heteroatoms. The first-order chi connectivity index (χ1) is 23.6. The van der Waals surface area contributed by atoms with Crippen molar-refractivity contribution in [3.8, 4) is 28.3 Å². The molecule has 3 heterocycles. The molecule has 242 valence electrons. The number of methoxy groups -OCH3 is 1. The van der Waals surface area contributed by atoms with Crippen molar-refractivity contribution < 1.29 is 9.53 Å². The van der Waals surface area contributed by atoms with E-state index in [1.165, 1.54) is 0 Å². The summed E-state index contributed by atoms with van der Waals surface area (Å²) in [6.45, 7) is 2.59. The number of aryl methyl sites for hydroxylation is 1. The third-order valence-electron chi connectivity index (χ3n) is 9.32. The van der Waals surface area contributed by atoms with Crippen molar-refractivity contribution in [2.24, 2.45) is 0 Å². The molecule has 1 aliphatic rings. The van der Waals surface area contributed by atoms with E-state index in [1.54, 1.807) is 18.9 Å². The highest BCUT2D eigenvalue weighted by Gasteiger charge is 2.48. The fourth-order valence-corrected chi connectivity index (χ4v) is 7.84. The van der Waals surface area contributed by atoms with Crippen LogP contribution < -0.4 is 10.1 Å². The Morgan fingerprint density at radius 3 is 2.33 bits per heavy atom. The minimum Gasteiger partial charge on any atom is -0.497 e. The Bertz CT molecular complexity index is 2010. The number of benzene rings is 3. The van der Waals surface area contributed by atoms with Gasteiger partial charge in [-0.3, -0.25) is 9.20 Å². The molecule has 48 heavy (non-hydrogen) atoms. The SMILES string of the molecule is COc1ccc(CCNC(=O)C2(CCCCCSc3nccc(-c4c(C)nc5ccccn45)n3)c3ccccc3-c3ccccc32)cc1. The summed E-state index contributed by atoms with van der Waals surface area (Å²) in [5, 5.41) is 4.10. The number of hydrogen-bond acceptors (Lipinski definition) is 6. The summed E-state index contributed by atoms with van der Waals surface area (Å²) in [4.78, 5) is 28.5. The van der Waals surface area contributed by atoms with Crippen LogP contribution in [-0.2, 0) is 16.6 Å². The second-order valence-electron chi connectivity index (χ2n) is 12.2. The van der Waals surface area contributed by atoms with Gasteiger partial charge < -0.3 is 10.1 Å². The van der Waals surface area contributed by atoms with Crippen LogP contribution in [0.5, 0.6) is 5.75 Å². The molecule has 3 aromatic heterocycles. The molecule has 1 aliphatic carbocycles. The zero-order chi connectivity index (χ0) is 32.9. The first kappa shape index (κ1) is 31.6. The van der Waals surface area contributed by atoms with E-state index < -0.39 is 5.41 Å². The van der Waals surface area contributed by atoms with Crippen molar-refractivity contribution in [2.75, 3.05) is 19.4 Å². The van der Waals surface area contributed by atoms with Gasteiger partial charge in [-0.05, 0) is 84.3 Å². The van der Waals surface area contributed by atoms with Crippen molar-refractivity contribution in [1.82, 2.24) is 24.7 Å². The first-order valence-corrected chi connectivity index (χ1v) is 17.6. The molecule has 7 rings (SSSR count). The minimum absolute atomic E-state index is 0.0793. The molecule has 0 aliphatic heterocycles. The minimum atomic E-state index is -0.719. The maximum Gasteiger partial charge on any atom is 0.235 e. The van der Waals surface area contributed by atoms with Crippen molar-refractivity contribution >= 4 is 23.3 Å². The quantitative estimate of drug-likeness (QED) is 0.0771. The summed E-state index contributed by atoms with van der Waals surface area (Å²) in [5.41, 5.74) is 8.72. The maximum absolute atomic E-state index is 14.4. The van der Waals surface area contributed by atoms with Gasteiger partial charge in [-0.2, -0.15) is 0 Å². The predicted octanol–water partition coefficient (Wildman–Crippen LogP) is 8.09. The van der Waals surface area contributed by atoms with E-state index in [0.717, 1.165) is 99.3 Å². The number of hydrogen-bond donors (Lipinski definition) is 1. The van der Waals surface area contributed by atoms with E-state index in [9.17, 15) is 4.79 Å². The number of unbranched alkanes of at least 4 members (excludes halogenated alkanes) is 2. The van der Waals surface area contributed by atoms with Crippen molar-refractivity contribution in [1.29, 1.82) is 0 Å². The highest BCUT2D eigenvalue weighted by atomic mass is 32.2. The van der Waals surface area contributed by atoms with Crippen LogP contribution >= 0.6 is 11.8 Å². The zero-order valence-corrected chi connectivity index (χ0v) is 28.2. The maximum atomic E-state index is 14.4. The highest BCUT2D eigenvalue weighted by molar-refractivity contribution is 7.99. The number of rotatable bonds is 13. The van der Waals surface area contributed by atoms with Gasteiger partial charge in [-0.15, -0.1) is 0 Å². The third-order valence-corrected chi connectivity index (χ3v) is 10.3. The van der Waals surface area contributed by atoms with Gasteiger partial charge in [0.1, 0.15) is 16.8 Å². The average molecular weight is 654 g/mol. The zero-order valence-electron chi connectivity index (χ0n) is 27.4. The van der Waals surface area contributed by atoms with E-state index in [4.69, 9.17) is 14.7 Å². The van der Waals surface area contributed by atoms with E-state index in [-0.39, 0.29) is 5.91 Å². The van der Waals surface area contributed by atoms with E-state index >= 15 is 0 Å². The molecule has 0 saturated heterocycles. The normalized spacial score (nSPS) is 12.9. The second-order valence-corrected chi connectivity index (χ2v) is 13.3. The number of fused-ring (bicyclic) bond motifs is 4. The lowest BCUT2D eigenvalue weighted by atomic mass is 9.73. The topological polar surface area (TPSA) is 81.4 Å². The smallest absolute Gasteiger partial charge is 0.235 e. The number of nitrogens with zero attached hydrogens (tertiary/aromatic N) is 4. The Labute approximate surface area is 285 Å². The summed E-state index contributed by atoms with van der Waals surface area (Å²) in [6, 6.07) is 32.8. The summed E-state index contributed by atoms with van der Waals surface area (Å²) in [5.74, 6) is 1.82. The number of ether oxygens (including phenoxy) is 1. The molecule has 3 aromatic carbocycles. The molecule has 0 fully saturated rings. The Morgan fingerprint density at radius 1 is 0.854 bits per heavy atom. The summed E-state index contributed by atoms with van der Waals surface area (Å²) < 4.78 is 7.38. The number of pyridine rings is 1. The standard InChI is InChI=1S/C40H39N5O2S/c1-28-37(45-26-10-8-16-36(45)43-28)35-22-25-42-39(44-35)48-27-11-3-9-23-40(38(46)41-24-21-29-17-19-30(47-2)20-18-29)33-14-6-4-12-31(33)32-13-5-7-15-34(32)40/h4-8,10,12-20,22,25-26H,3,9,11,21,23-24,27H2,1-2H3,(H,41,46). The molecule has 6 aromatic rings. The van der Waals surface area contributed by atoms with Gasteiger partial charge in [0.15, 0.2) is 5.16 Å². The molecule has 0 unspecified atom stereocenters. The number of nitrogens with one attached hydrogen (secondary N) is 1. The monoisotopic (exact) mass is 653 g/mol. The Kier molecular flexibility index (Phi) is 9.25. The third kappa shape index (κ3) is 6.08. The molecule has 0 saturated carbocycles. The fourth-order valence-electron chi connectivity index (χ4n) is 7.01. The van der Waals surface area contributed by atoms with Gasteiger partial charge in [-0.25, -0.2) is 15.0 Å². The van der Waals surface area contributed by atoms with Crippen LogP contribution in [0.2, 0.25) is 0 Å². The van der Waals surface area contributed by atoms with Gasteiger partial charge in [0.25, 0.3) is 0 Å². The first-order valence-electron chi connectivity index (χ1n) is 16.6. The lowest BCUT2D eigenvalue weighted by Crippen LogP contribution is -2.45. The largest absolute Gasteiger partial charge is 0.497 e. The van der Waals surface area contributed by atoms with Crippen molar-refractivity contribution in [2.45, 2.75) is 49.6 Å². The number of thioether (sulfide) groups is 1. The molecule has 1 amide bonds. The average Bonchev–Trinajstić information content (AvgIpc) is 3.62. The Morgan fingerprint density at radius 2 is 1.58 bits per heavy atom.